The van der Waals surface area contributed by atoms with E-state index in [4.69, 9.17) is 15.9 Å². The Hall–Kier alpha value is -4.29. The SMILES string of the molecule is C#CN(C(=O)C(CO)NC(=O)OC(C)(C)C)C(C(=O)Nc1ccc(OC)cc1)c1cccc(C=C)c1. The molecule has 2 aromatic rings. The molecule has 0 radical (unpaired) electrons. The molecule has 0 saturated heterocycles. The van der Waals surface area contributed by atoms with Crippen LogP contribution in [-0.4, -0.2) is 53.3 Å². The molecule has 9 heteroatoms. The summed E-state index contributed by atoms with van der Waals surface area (Å²) in [4.78, 5) is 39.9. The fourth-order valence-electron chi connectivity index (χ4n) is 3.23. The molecule has 0 heterocycles. The highest BCUT2D eigenvalue weighted by atomic mass is 16.6. The van der Waals surface area contributed by atoms with Crippen LogP contribution < -0.4 is 15.4 Å². The molecule has 0 saturated carbocycles. The predicted octanol–water partition coefficient (Wildman–Crippen LogP) is 3.32. The van der Waals surface area contributed by atoms with Crippen molar-refractivity contribution in [2.45, 2.75) is 38.5 Å². The number of nitrogens with zero attached hydrogens (tertiary/aromatic N) is 1. The monoisotopic (exact) mass is 493 g/mol. The van der Waals surface area contributed by atoms with Crippen LogP contribution in [0.4, 0.5) is 10.5 Å². The highest BCUT2D eigenvalue weighted by molar-refractivity contribution is 5.99. The summed E-state index contributed by atoms with van der Waals surface area (Å²) in [6, 6.07) is 12.9. The Bertz CT molecular complexity index is 1130. The van der Waals surface area contributed by atoms with Crippen molar-refractivity contribution >= 4 is 29.7 Å². The van der Waals surface area contributed by atoms with Gasteiger partial charge in [0.1, 0.15) is 23.4 Å². The molecule has 36 heavy (non-hydrogen) atoms. The minimum absolute atomic E-state index is 0.402. The number of ether oxygens (including phenoxy) is 2. The summed E-state index contributed by atoms with van der Waals surface area (Å²) in [5, 5.41) is 14.9. The third-order valence-electron chi connectivity index (χ3n) is 4.87. The molecule has 2 atom stereocenters. The van der Waals surface area contributed by atoms with E-state index < -0.39 is 42.2 Å². The van der Waals surface area contributed by atoms with E-state index in [9.17, 15) is 19.5 Å². The second-order valence-corrected chi connectivity index (χ2v) is 8.71. The minimum Gasteiger partial charge on any atom is -0.497 e. The summed E-state index contributed by atoms with van der Waals surface area (Å²) in [5.41, 5.74) is 0.717. The number of nitrogens with one attached hydrogen (secondary N) is 2. The van der Waals surface area contributed by atoms with Crippen molar-refractivity contribution in [3.63, 3.8) is 0 Å². The lowest BCUT2D eigenvalue weighted by molar-refractivity contribution is -0.137. The molecule has 2 rings (SSSR count). The van der Waals surface area contributed by atoms with Crippen LogP contribution >= 0.6 is 0 Å². The molecule has 3 N–H and O–H groups in total. The van der Waals surface area contributed by atoms with Crippen molar-refractivity contribution in [3.05, 3.63) is 66.2 Å². The number of anilines is 1. The van der Waals surface area contributed by atoms with E-state index in [1.165, 1.54) is 7.11 Å². The summed E-state index contributed by atoms with van der Waals surface area (Å²) in [6.07, 6.45) is 6.36. The number of amides is 3. The van der Waals surface area contributed by atoms with Gasteiger partial charge in [0.15, 0.2) is 0 Å². The minimum atomic E-state index is -1.45. The summed E-state index contributed by atoms with van der Waals surface area (Å²) >= 11 is 0. The third kappa shape index (κ3) is 7.61. The van der Waals surface area contributed by atoms with Gasteiger partial charge < -0.3 is 25.2 Å². The van der Waals surface area contributed by atoms with Crippen LogP contribution in [0.5, 0.6) is 5.75 Å². The van der Waals surface area contributed by atoms with Crippen molar-refractivity contribution in [2.75, 3.05) is 19.0 Å². The van der Waals surface area contributed by atoms with Crippen molar-refractivity contribution in [2.24, 2.45) is 0 Å². The molecule has 2 unspecified atom stereocenters. The fourth-order valence-corrected chi connectivity index (χ4v) is 3.23. The number of hydrogen-bond acceptors (Lipinski definition) is 6. The summed E-state index contributed by atoms with van der Waals surface area (Å²) in [5.74, 6) is -0.881. The summed E-state index contributed by atoms with van der Waals surface area (Å²) < 4.78 is 10.3. The van der Waals surface area contributed by atoms with E-state index in [0.29, 0.717) is 22.6 Å². The predicted molar refractivity (Wildman–Crippen MR) is 137 cm³/mol. The number of methoxy groups -OCH3 is 1. The number of carbonyl (C=O) groups excluding carboxylic acids is 3. The van der Waals surface area contributed by atoms with E-state index in [1.807, 2.05) is 0 Å². The number of benzene rings is 2. The van der Waals surface area contributed by atoms with Crippen LogP contribution in [0.25, 0.3) is 6.08 Å². The Balaban J connectivity index is 2.42. The molecule has 0 aliphatic heterocycles. The molecule has 2 aromatic carbocycles. The second-order valence-electron chi connectivity index (χ2n) is 8.71. The molecule has 0 aromatic heterocycles. The van der Waals surface area contributed by atoms with Crippen LogP contribution in [-0.2, 0) is 14.3 Å². The molecule has 190 valence electrons. The first-order valence-corrected chi connectivity index (χ1v) is 11.1. The second kappa shape index (κ2) is 12.4. The molecule has 9 nitrogen and oxygen atoms in total. The molecular weight excluding hydrogens is 462 g/mol. The Morgan fingerprint density at radius 2 is 1.86 bits per heavy atom. The van der Waals surface area contributed by atoms with Gasteiger partial charge >= 0.3 is 6.09 Å². The van der Waals surface area contributed by atoms with Gasteiger partial charge in [0.25, 0.3) is 11.8 Å². The highest BCUT2D eigenvalue weighted by Gasteiger charge is 2.36. The average Bonchev–Trinajstić information content (AvgIpc) is 2.84. The maximum absolute atomic E-state index is 13.5. The van der Waals surface area contributed by atoms with Gasteiger partial charge in [0.05, 0.1) is 13.7 Å². The first-order chi connectivity index (χ1) is 17.0. The molecule has 0 spiro atoms. The Morgan fingerprint density at radius 1 is 1.19 bits per heavy atom. The van der Waals surface area contributed by atoms with Crippen molar-refractivity contribution in [3.8, 4) is 18.2 Å². The molecular formula is C27H31N3O6. The van der Waals surface area contributed by atoms with E-state index in [0.717, 1.165) is 4.90 Å². The van der Waals surface area contributed by atoms with E-state index in [-0.39, 0.29) is 0 Å². The Kier molecular flexibility index (Phi) is 9.65. The lowest BCUT2D eigenvalue weighted by Crippen LogP contribution is -2.52. The summed E-state index contributed by atoms with van der Waals surface area (Å²) in [7, 11) is 1.52. The molecule has 0 aliphatic carbocycles. The highest BCUT2D eigenvalue weighted by Crippen LogP contribution is 2.25. The number of rotatable bonds is 9. The van der Waals surface area contributed by atoms with Crippen LogP contribution in [0.15, 0.2) is 55.1 Å². The van der Waals surface area contributed by atoms with E-state index >= 15 is 0 Å². The zero-order chi connectivity index (χ0) is 26.9. The van der Waals surface area contributed by atoms with Gasteiger partial charge in [0.2, 0.25) is 0 Å². The number of aliphatic hydroxyl groups excluding tert-OH is 1. The van der Waals surface area contributed by atoms with Gasteiger partial charge in [-0.3, -0.25) is 14.5 Å². The molecule has 0 fully saturated rings. The van der Waals surface area contributed by atoms with Gasteiger partial charge in [-0.15, -0.1) is 0 Å². The zero-order valence-corrected chi connectivity index (χ0v) is 20.8. The maximum Gasteiger partial charge on any atom is 0.408 e. The third-order valence-corrected chi connectivity index (χ3v) is 4.87. The van der Waals surface area contributed by atoms with Crippen LogP contribution in [0, 0.1) is 12.5 Å². The zero-order valence-electron chi connectivity index (χ0n) is 20.8. The molecule has 0 aliphatic rings. The van der Waals surface area contributed by atoms with Crippen LogP contribution in [0.2, 0.25) is 0 Å². The van der Waals surface area contributed by atoms with Gasteiger partial charge in [-0.05, 0) is 62.2 Å². The normalized spacial score (nSPS) is 12.3. The van der Waals surface area contributed by atoms with Crippen LogP contribution in [0.1, 0.15) is 37.9 Å². The van der Waals surface area contributed by atoms with Crippen molar-refractivity contribution in [1.82, 2.24) is 10.2 Å². The quantitative estimate of drug-likeness (QED) is 0.364. The van der Waals surface area contributed by atoms with Gasteiger partial charge in [-0.1, -0.05) is 37.3 Å². The Labute approximate surface area is 211 Å². The van der Waals surface area contributed by atoms with Gasteiger partial charge in [-0.2, -0.15) is 0 Å². The average molecular weight is 494 g/mol. The molecule has 0 bridgehead atoms. The van der Waals surface area contributed by atoms with Crippen LogP contribution in [0.3, 0.4) is 0 Å². The number of carbonyl (C=O) groups is 3. The van der Waals surface area contributed by atoms with Gasteiger partial charge in [-0.25, -0.2) is 4.79 Å². The number of aliphatic hydroxyl groups is 1. The lowest BCUT2D eigenvalue weighted by atomic mass is 10.0. The number of terminal acetylenes is 1. The maximum atomic E-state index is 13.5. The van der Waals surface area contributed by atoms with E-state index in [2.05, 4.69) is 23.3 Å². The fraction of sp³-hybridized carbons (Fsp3) is 0.296. The number of hydrogen-bond donors (Lipinski definition) is 3. The Morgan fingerprint density at radius 3 is 2.39 bits per heavy atom. The summed E-state index contributed by atoms with van der Waals surface area (Å²) in [6.45, 7) is 7.93. The standard InChI is InChI=1S/C27H31N3O6/c1-7-18-10-9-11-19(16-18)23(24(32)28-20-12-14-21(35-6)15-13-20)30(8-2)25(33)22(17-31)29-26(34)36-27(3,4)5/h2,7,9-16,22-23,31H,1,17H2,3-6H3,(H,28,32)(H,29,34). The van der Waals surface area contributed by atoms with Crippen molar-refractivity contribution < 1.29 is 29.0 Å². The smallest absolute Gasteiger partial charge is 0.408 e. The first-order valence-electron chi connectivity index (χ1n) is 11.1. The van der Waals surface area contributed by atoms with Crippen molar-refractivity contribution in [1.29, 1.82) is 0 Å². The lowest BCUT2D eigenvalue weighted by Gasteiger charge is -2.30. The van der Waals surface area contributed by atoms with Gasteiger partial charge in [0, 0.05) is 11.7 Å². The number of alkyl carbamates (subject to hydrolysis) is 1. The van der Waals surface area contributed by atoms with E-state index in [1.54, 1.807) is 75.4 Å². The largest absolute Gasteiger partial charge is 0.497 e. The topological polar surface area (TPSA) is 117 Å². The first kappa shape index (κ1) is 28.0. The molecule has 3 amide bonds.